The van der Waals surface area contributed by atoms with Crippen LogP contribution in [0.4, 0.5) is 0 Å². The third-order valence-electron chi connectivity index (χ3n) is 5.87. The van der Waals surface area contributed by atoms with E-state index in [4.69, 9.17) is 0 Å². The number of piperidine rings is 1. The molecule has 1 heterocycles. The van der Waals surface area contributed by atoms with Crippen molar-refractivity contribution in [2.24, 2.45) is 5.92 Å². The summed E-state index contributed by atoms with van der Waals surface area (Å²) in [7, 11) is -3.60. The minimum Gasteiger partial charge on any atom is -0.334 e. The molecule has 2 fully saturated rings. The van der Waals surface area contributed by atoms with Gasteiger partial charge in [-0.05, 0) is 49.2 Å². The highest BCUT2D eigenvalue weighted by atomic mass is 32.2. The highest BCUT2D eigenvalue weighted by Gasteiger charge is 2.40. The second kappa shape index (κ2) is 7.51. The Morgan fingerprint density at radius 2 is 1.54 bits per heavy atom. The van der Waals surface area contributed by atoms with Gasteiger partial charge in [0.05, 0.1) is 9.79 Å². The van der Waals surface area contributed by atoms with Gasteiger partial charge in [-0.2, -0.15) is 0 Å². The minimum atomic E-state index is -3.60. The number of carbonyl (C=O) groups is 2. The van der Waals surface area contributed by atoms with Gasteiger partial charge in [0.1, 0.15) is 5.78 Å². The molecule has 1 saturated carbocycles. The number of carbonyl (C=O) groups excluding carboxylic acids is 2. The standard InChI is InChI=1S/C22H23NO4S/c24-21-14-15-23(20-9-5-4-8-19(20)21)22(25)16-10-12-18(13-11-16)28(26,27)17-6-2-1-3-7-17/h1-3,6-7,10-13,19-20H,4-5,8-9,14-15H2/t19-,20-/m0/s1. The van der Waals surface area contributed by atoms with Gasteiger partial charge >= 0.3 is 0 Å². The van der Waals surface area contributed by atoms with Crippen LogP contribution in [0.5, 0.6) is 0 Å². The quantitative estimate of drug-likeness (QED) is 0.795. The van der Waals surface area contributed by atoms with Crippen molar-refractivity contribution in [1.29, 1.82) is 0 Å². The third kappa shape index (κ3) is 3.37. The first-order valence-electron chi connectivity index (χ1n) is 9.72. The molecule has 28 heavy (non-hydrogen) atoms. The van der Waals surface area contributed by atoms with E-state index in [0.29, 0.717) is 18.5 Å². The maximum absolute atomic E-state index is 13.1. The Bertz CT molecular complexity index is 983. The number of hydrogen-bond donors (Lipinski definition) is 0. The lowest BCUT2D eigenvalue weighted by molar-refractivity contribution is -0.129. The monoisotopic (exact) mass is 397 g/mol. The predicted octanol–water partition coefficient (Wildman–Crippen LogP) is 3.49. The van der Waals surface area contributed by atoms with E-state index in [-0.39, 0.29) is 33.4 Å². The smallest absolute Gasteiger partial charge is 0.254 e. The Kier molecular flexibility index (Phi) is 5.06. The van der Waals surface area contributed by atoms with Crippen LogP contribution in [0.1, 0.15) is 42.5 Å². The fraction of sp³-hybridized carbons (Fsp3) is 0.364. The number of nitrogens with zero attached hydrogens (tertiary/aromatic N) is 1. The van der Waals surface area contributed by atoms with Crippen molar-refractivity contribution in [1.82, 2.24) is 4.90 Å². The van der Waals surface area contributed by atoms with Gasteiger partial charge in [0.15, 0.2) is 0 Å². The van der Waals surface area contributed by atoms with Gasteiger partial charge in [0.2, 0.25) is 9.84 Å². The fourth-order valence-electron chi connectivity index (χ4n) is 4.37. The highest BCUT2D eigenvalue weighted by Crippen LogP contribution is 2.34. The zero-order valence-corrected chi connectivity index (χ0v) is 16.4. The number of benzene rings is 2. The maximum Gasteiger partial charge on any atom is 0.254 e. The lowest BCUT2D eigenvalue weighted by atomic mass is 9.77. The summed E-state index contributed by atoms with van der Waals surface area (Å²) < 4.78 is 25.4. The van der Waals surface area contributed by atoms with E-state index in [9.17, 15) is 18.0 Å². The second-order valence-corrected chi connectivity index (χ2v) is 9.46. The molecule has 0 radical (unpaired) electrons. The molecule has 1 aliphatic heterocycles. The molecule has 2 aromatic rings. The molecular weight excluding hydrogens is 374 g/mol. The molecule has 146 valence electrons. The number of ketones is 1. The van der Waals surface area contributed by atoms with Crippen molar-refractivity contribution in [2.45, 2.75) is 47.9 Å². The number of sulfone groups is 1. The Labute approximate surface area is 165 Å². The van der Waals surface area contributed by atoms with E-state index in [2.05, 4.69) is 0 Å². The number of hydrogen-bond acceptors (Lipinski definition) is 4. The van der Waals surface area contributed by atoms with Crippen LogP contribution in [0.25, 0.3) is 0 Å². The first-order valence-corrected chi connectivity index (χ1v) is 11.2. The van der Waals surface area contributed by atoms with Crippen molar-refractivity contribution in [3.8, 4) is 0 Å². The van der Waals surface area contributed by atoms with Crippen molar-refractivity contribution in [3.63, 3.8) is 0 Å². The number of likely N-dealkylation sites (tertiary alicyclic amines) is 1. The Morgan fingerprint density at radius 3 is 2.25 bits per heavy atom. The number of rotatable bonds is 3. The van der Waals surface area contributed by atoms with Crippen molar-refractivity contribution >= 4 is 21.5 Å². The number of amides is 1. The molecular formula is C22H23NO4S. The fourth-order valence-corrected chi connectivity index (χ4v) is 5.65. The summed E-state index contributed by atoms with van der Waals surface area (Å²) in [6, 6.07) is 14.4. The summed E-state index contributed by atoms with van der Waals surface area (Å²) in [6.07, 6.45) is 4.21. The topological polar surface area (TPSA) is 71.5 Å². The van der Waals surface area contributed by atoms with Crippen LogP contribution in [0.2, 0.25) is 0 Å². The zero-order chi connectivity index (χ0) is 19.7. The molecule has 0 N–H and O–H groups in total. The average molecular weight is 397 g/mol. The maximum atomic E-state index is 13.1. The van der Waals surface area contributed by atoms with Crippen LogP contribution in [0.3, 0.4) is 0 Å². The van der Waals surface area contributed by atoms with Crippen LogP contribution in [-0.2, 0) is 14.6 Å². The minimum absolute atomic E-state index is 0.0183. The molecule has 1 aliphatic carbocycles. The lowest BCUT2D eigenvalue weighted by Gasteiger charge is -2.43. The molecule has 6 heteroatoms. The molecule has 0 aromatic heterocycles. The summed E-state index contributed by atoms with van der Waals surface area (Å²) in [6.45, 7) is 0.447. The van der Waals surface area contributed by atoms with Gasteiger partial charge in [-0.25, -0.2) is 8.42 Å². The first kappa shape index (κ1) is 18.9. The predicted molar refractivity (Wildman–Crippen MR) is 105 cm³/mol. The molecule has 2 atom stereocenters. The summed E-state index contributed by atoms with van der Waals surface area (Å²) in [5.74, 6) is 0.121. The SMILES string of the molecule is O=C1CCN(C(=O)c2ccc(S(=O)(=O)c3ccccc3)cc2)[C@H]2CCCC[C@H]12. The van der Waals surface area contributed by atoms with Gasteiger partial charge in [-0.15, -0.1) is 0 Å². The lowest BCUT2D eigenvalue weighted by Crippen LogP contribution is -2.53. The van der Waals surface area contributed by atoms with Gasteiger partial charge < -0.3 is 4.90 Å². The van der Waals surface area contributed by atoms with E-state index in [0.717, 1.165) is 25.7 Å². The summed E-state index contributed by atoms with van der Waals surface area (Å²) >= 11 is 0. The molecule has 2 aromatic carbocycles. The van der Waals surface area contributed by atoms with Crippen LogP contribution in [0, 0.1) is 5.92 Å². The van der Waals surface area contributed by atoms with E-state index < -0.39 is 9.84 Å². The van der Waals surface area contributed by atoms with Gasteiger partial charge in [0.25, 0.3) is 5.91 Å². The second-order valence-electron chi connectivity index (χ2n) is 7.51. The summed E-state index contributed by atoms with van der Waals surface area (Å²) in [4.78, 5) is 27.5. The first-order chi connectivity index (χ1) is 13.5. The van der Waals surface area contributed by atoms with E-state index >= 15 is 0 Å². The molecule has 0 spiro atoms. The highest BCUT2D eigenvalue weighted by molar-refractivity contribution is 7.91. The molecule has 5 nitrogen and oxygen atoms in total. The summed E-state index contributed by atoms with van der Waals surface area (Å²) in [5.41, 5.74) is 0.464. The van der Waals surface area contributed by atoms with Gasteiger partial charge in [-0.3, -0.25) is 9.59 Å². The van der Waals surface area contributed by atoms with Crippen molar-refractivity contribution in [2.75, 3.05) is 6.54 Å². The van der Waals surface area contributed by atoms with Gasteiger partial charge in [-0.1, -0.05) is 31.0 Å². The van der Waals surface area contributed by atoms with Crippen molar-refractivity contribution < 1.29 is 18.0 Å². The zero-order valence-electron chi connectivity index (χ0n) is 15.6. The van der Waals surface area contributed by atoms with Gasteiger partial charge in [0, 0.05) is 30.5 Å². The average Bonchev–Trinajstić information content (AvgIpc) is 2.74. The molecule has 1 amide bonds. The van der Waals surface area contributed by atoms with Crippen LogP contribution in [-0.4, -0.2) is 37.6 Å². The number of Topliss-reactive ketones (excluding diaryl/α,β-unsaturated/α-hetero) is 1. The van der Waals surface area contributed by atoms with E-state index in [1.165, 1.54) is 12.1 Å². The molecule has 2 aliphatic rings. The van der Waals surface area contributed by atoms with Crippen LogP contribution in [0.15, 0.2) is 64.4 Å². The Morgan fingerprint density at radius 1 is 0.893 bits per heavy atom. The summed E-state index contributed by atoms with van der Waals surface area (Å²) in [5, 5.41) is 0. The normalized spacial score (nSPS) is 22.6. The largest absolute Gasteiger partial charge is 0.334 e. The Hall–Kier alpha value is -2.47. The molecule has 0 bridgehead atoms. The van der Waals surface area contributed by atoms with Crippen LogP contribution < -0.4 is 0 Å². The Balaban J connectivity index is 1.57. The van der Waals surface area contributed by atoms with E-state index in [1.54, 1.807) is 42.5 Å². The third-order valence-corrected chi connectivity index (χ3v) is 7.65. The van der Waals surface area contributed by atoms with Crippen LogP contribution >= 0.6 is 0 Å². The van der Waals surface area contributed by atoms with Crippen molar-refractivity contribution in [3.05, 3.63) is 60.2 Å². The number of fused-ring (bicyclic) bond motifs is 1. The molecule has 4 rings (SSSR count). The van der Waals surface area contributed by atoms with E-state index in [1.807, 2.05) is 4.90 Å². The molecule has 0 unspecified atom stereocenters. The molecule has 1 saturated heterocycles.